The Morgan fingerprint density at radius 1 is 1.26 bits per heavy atom. The van der Waals surface area contributed by atoms with Crippen molar-refractivity contribution in [3.05, 3.63) is 55.8 Å². The van der Waals surface area contributed by atoms with Gasteiger partial charge in [0.1, 0.15) is 0 Å². The number of benzene rings is 1. The number of hydrogen-bond donors (Lipinski definition) is 0. The fourth-order valence-corrected chi connectivity index (χ4v) is 2.94. The van der Waals surface area contributed by atoms with Gasteiger partial charge in [-0.15, -0.1) is 11.3 Å². The van der Waals surface area contributed by atoms with Crippen molar-refractivity contribution >= 4 is 39.7 Å². The summed E-state index contributed by atoms with van der Waals surface area (Å²) >= 11 is 3.98. The second-order valence-corrected chi connectivity index (χ2v) is 6.59. The third-order valence-electron chi connectivity index (χ3n) is 2.94. The lowest BCUT2D eigenvalue weighted by molar-refractivity contribution is 0.0930. The minimum absolute atomic E-state index is 0.190. The van der Waals surface area contributed by atoms with Crippen LogP contribution in [0.2, 0.25) is 0 Å². The maximum absolute atomic E-state index is 12.2. The average molecular weight is 385 g/mol. The molecule has 1 aromatic heterocycles. The molecule has 0 aliphatic heterocycles. The van der Waals surface area contributed by atoms with Gasteiger partial charge in [0, 0.05) is 20.6 Å². The molecule has 0 saturated heterocycles. The first-order valence-corrected chi connectivity index (χ1v) is 8.18. The summed E-state index contributed by atoms with van der Waals surface area (Å²) in [6.45, 7) is 4.31. The zero-order valence-corrected chi connectivity index (χ0v) is 13.8. The Morgan fingerprint density at radius 2 is 2.00 bits per heavy atom. The third kappa shape index (κ3) is 4.40. The van der Waals surface area contributed by atoms with E-state index in [2.05, 4.69) is 51.9 Å². The fraction of sp³-hybridized carbons (Fsp3) is 0.267. The highest BCUT2D eigenvalue weighted by atomic mass is 127. The SMILES string of the molecule is CCN(CC(=O)c1ccc(I)cc1)Cc1cccs1. The molecule has 0 spiro atoms. The molecule has 2 aromatic rings. The standard InChI is InChI=1S/C15H16INOS/c1-2-17(10-14-4-3-9-19-14)11-15(18)12-5-7-13(16)8-6-12/h3-9H,2,10-11H2,1H3. The molecule has 0 bridgehead atoms. The van der Waals surface area contributed by atoms with Gasteiger partial charge in [0.05, 0.1) is 6.54 Å². The Hall–Kier alpha value is -0.720. The van der Waals surface area contributed by atoms with Crippen molar-refractivity contribution < 1.29 is 4.79 Å². The van der Waals surface area contributed by atoms with E-state index in [-0.39, 0.29) is 5.78 Å². The van der Waals surface area contributed by atoms with E-state index >= 15 is 0 Å². The minimum atomic E-state index is 0.190. The van der Waals surface area contributed by atoms with Crippen LogP contribution in [0.4, 0.5) is 0 Å². The average Bonchev–Trinajstić information content (AvgIpc) is 2.91. The van der Waals surface area contributed by atoms with Crippen molar-refractivity contribution in [2.45, 2.75) is 13.5 Å². The molecule has 0 unspecified atom stereocenters. The monoisotopic (exact) mass is 385 g/mol. The smallest absolute Gasteiger partial charge is 0.176 e. The van der Waals surface area contributed by atoms with Gasteiger partial charge in [-0.2, -0.15) is 0 Å². The Kier molecular flexibility index (Phi) is 5.54. The maximum atomic E-state index is 12.2. The largest absolute Gasteiger partial charge is 0.293 e. The molecule has 0 atom stereocenters. The van der Waals surface area contributed by atoms with Crippen LogP contribution in [0.3, 0.4) is 0 Å². The van der Waals surface area contributed by atoms with Crippen molar-refractivity contribution in [3.63, 3.8) is 0 Å². The van der Waals surface area contributed by atoms with Crippen molar-refractivity contribution in [2.24, 2.45) is 0 Å². The maximum Gasteiger partial charge on any atom is 0.176 e. The summed E-state index contributed by atoms with van der Waals surface area (Å²) < 4.78 is 1.15. The van der Waals surface area contributed by atoms with E-state index in [1.165, 1.54) is 4.88 Å². The molecule has 2 nitrogen and oxygen atoms in total. The highest BCUT2D eigenvalue weighted by Crippen LogP contribution is 2.13. The number of Topliss-reactive ketones (excluding diaryl/α,β-unsaturated/α-hetero) is 1. The molecule has 0 aliphatic carbocycles. The molecule has 0 fully saturated rings. The number of carbonyl (C=O) groups excluding carboxylic acids is 1. The van der Waals surface area contributed by atoms with Crippen LogP contribution >= 0.6 is 33.9 Å². The summed E-state index contributed by atoms with van der Waals surface area (Å²) in [7, 11) is 0. The lowest BCUT2D eigenvalue weighted by Gasteiger charge is -2.18. The summed E-state index contributed by atoms with van der Waals surface area (Å²) in [5, 5.41) is 2.07. The predicted octanol–water partition coefficient (Wildman–Crippen LogP) is 4.06. The lowest BCUT2D eigenvalue weighted by atomic mass is 10.1. The molecule has 0 N–H and O–H groups in total. The topological polar surface area (TPSA) is 20.3 Å². The van der Waals surface area contributed by atoms with E-state index in [9.17, 15) is 4.79 Å². The van der Waals surface area contributed by atoms with E-state index in [1.807, 2.05) is 24.3 Å². The molecule has 1 heterocycles. The van der Waals surface area contributed by atoms with Gasteiger partial charge in [-0.3, -0.25) is 9.69 Å². The molecule has 0 aliphatic rings. The first-order valence-electron chi connectivity index (χ1n) is 6.22. The van der Waals surface area contributed by atoms with Crippen LogP contribution in [0.25, 0.3) is 0 Å². The van der Waals surface area contributed by atoms with Gasteiger partial charge in [-0.05, 0) is 52.7 Å². The van der Waals surface area contributed by atoms with E-state index in [0.29, 0.717) is 6.54 Å². The number of halogens is 1. The van der Waals surface area contributed by atoms with Crippen LogP contribution in [0, 0.1) is 3.57 Å². The molecule has 19 heavy (non-hydrogen) atoms. The normalized spacial score (nSPS) is 10.9. The number of nitrogens with zero attached hydrogens (tertiary/aromatic N) is 1. The van der Waals surface area contributed by atoms with Gasteiger partial charge >= 0.3 is 0 Å². The van der Waals surface area contributed by atoms with Gasteiger partial charge in [-0.1, -0.05) is 25.1 Å². The first kappa shape index (κ1) is 14.7. The van der Waals surface area contributed by atoms with E-state index < -0.39 is 0 Å². The predicted molar refractivity (Wildman–Crippen MR) is 88.8 cm³/mol. The van der Waals surface area contributed by atoms with Crippen LogP contribution < -0.4 is 0 Å². The number of thiophene rings is 1. The summed E-state index contributed by atoms with van der Waals surface area (Å²) in [6, 6.07) is 11.9. The van der Waals surface area contributed by atoms with Gasteiger partial charge in [0.25, 0.3) is 0 Å². The molecule has 4 heteroatoms. The van der Waals surface area contributed by atoms with E-state index in [0.717, 1.165) is 22.2 Å². The number of ketones is 1. The Bertz CT molecular complexity index is 522. The van der Waals surface area contributed by atoms with Crippen LogP contribution in [-0.2, 0) is 6.54 Å². The first-order chi connectivity index (χ1) is 9.19. The van der Waals surface area contributed by atoms with Crippen LogP contribution in [0.15, 0.2) is 41.8 Å². The molecule has 100 valence electrons. The Labute approximate surface area is 131 Å². The second-order valence-electron chi connectivity index (χ2n) is 4.31. The van der Waals surface area contributed by atoms with Crippen molar-refractivity contribution in [2.75, 3.05) is 13.1 Å². The molecular weight excluding hydrogens is 369 g/mol. The molecule has 2 rings (SSSR count). The molecule has 0 radical (unpaired) electrons. The highest BCUT2D eigenvalue weighted by molar-refractivity contribution is 14.1. The zero-order chi connectivity index (χ0) is 13.7. The molecule has 1 aromatic carbocycles. The number of carbonyl (C=O) groups is 1. The van der Waals surface area contributed by atoms with Crippen LogP contribution in [0.1, 0.15) is 22.2 Å². The molecular formula is C15H16INOS. The van der Waals surface area contributed by atoms with Gasteiger partial charge in [0.2, 0.25) is 0 Å². The summed E-state index contributed by atoms with van der Waals surface area (Å²) in [4.78, 5) is 15.7. The van der Waals surface area contributed by atoms with Gasteiger partial charge in [-0.25, -0.2) is 0 Å². The number of hydrogen-bond acceptors (Lipinski definition) is 3. The summed E-state index contributed by atoms with van der Waals surface area (Å²) in [5.74, 6) is 0.190. The second kappa shape index (κ2) is 7.17. The summed E-state index contributed by atoms with van der Waals surface area (Å²) in [6.07, 6.45) is 0. The van der Waals surface area contributed by atoms with E-state index in [4.69, 9.17) is 0 Å². The molecule has 0 saturated carbocycles. The Balaban J connectivity index is 1.98. The summed E-state index contributed by atoms with van der Waals surface area (Å²) in [5.41, 5.74) is 0.796. The number of likely N-dealkylation sites (N-methyl/N-ethyl adjacent to an activating group) is 1. The number of rotatable bonds is 6. The van der Waals surface area contributed by atoms with Crippen LogP contribution in [-0.4, -0.2) is 23.8 Å². The van der Waals surface area contributed by atoms with Crippen molar-refractivity contribution in [1.82, 2.24) is 4.90 Å². The van der Waals surface area contributed by atoms with Crippen molar-refractivity contribution in [1.29, 1.82) is 0 Å². The van der Waals surface area contributed by atoms with Gasteiger partial charge < -0.3 is 0 Å². The van der Waals surface area contributed by atoms with E-state index in [1.54, 1.807) is 11.3 Å². The lowest BCUT2D eigenvalue weighted by Crippen LogP contribution is -2.29. The van der Waals surface area contributed by atoms with Crippen LogP contribution in [0.5, 0.6) is 0 Å². The molecule has 0 amide bonds. The third-order valence-corrected chi connectivity index (χ3v) is 4.52. The zero-order valence-electron chi connectivity index (χ0n) is 10.8. The minimum Gasteiger partial charge on any atom is -0.293 e. The fourth-order valence-electron chi connectivity index (χ4n) is 1.83. The Morgan fingerprint density at radius 3 is 2.58 bits per heavy atom. The quantitative estimate of drug-likeness (QED) is 0.552. The van der Waals surface area contributed by atoms with Gasteiger partial charge in [0.15, 0.2) is 5.78 Å². The highest BCUT2D eigenvalue weighted by Gasteiger charge is 2.12. The van der Waals surface area contributed by atoms with Crippen molar-refractivity contribution in [3.8, 4) is 0 Å².